The molecule has 0 bridgehead atoms. The molecule has 2 aromatic rings. The first-order valence-corrected chi connectivity index (χ1v) is 4.77. The van der Waals surface area contributed by atoms with Crippen LogP contribution < -0.4 is 0 Å². The van der Waals surface area contributed by atoms with E-state index in [1.807, 2.05) is 6.07 Å². The highest BCUT2D eigenvalue weighted by Gasteiger charge is 2.09. The fraction of sp³-hybridized carbons (Fsp3) is 0.0909. The molecule has 3 nitrogen and oxygen atoms in total. The quantitative estimate of drug-likeness (QED) is 0.732. The fourth-order valence-electron chi connectivity index (χ4n) is 1.19. The number of nitrogens with zero attached hydrogens (tertiary/aromatic N) is 1. The summed E-state index contributed by atoms with van der Waals surface area (Å²) in [6.45, 7) is 1.44. The van der Waals surface area contributed by atoms with Crippen LogP contribution in [0.25, 0.3) is 11.5 Å². The van der Waals surface area contributed by atoms with Crippen LogP contribution in [0.5, 0.6) is 0 Å². The Bertz CT molecular complexity index is 505. The number of carbonyl (C=O) groups excluding carboxylic acids is 1. The van der Waals surface area contributed by atoms with Gasteiger partial charge < -0.3 is 4.42 Å². The Morgan fingerprint density at radius 1 is 1.47 bits per heavy atom. The summed E-state index contributed by atoms with van der Waals surface area (Å²) in [6.07, 6.45) is 1.35. The highest BCUT2D eigenvalue weighted by atomic mass is 35.5. The molecule has 0 N–H and O–H groups in total. The van der Waals surface area contributed by atoms with Gasteiger partial charge >= 0.3 is 0 Å². The van der Waals surface area contributed by atoms with E-state index in [4.69, 9.17) is 16.0 Å². The van der Waals surface area contributed by atoms with Crippen LogP contribution >= 0.6 is 11.6 Å². The van der Waals surface area contributed by atoms with Crippen molar-refractivity contribution in [2.45, 2.75) is 6.92 Å². The molecule has 0 radical (unpaired) electrons. The Morgan fingerprint density at radius 3 is 2.87 bits per heavy atom. The first kappa shape index (κ1) is 9.93. The standard InChI is InChI=1S/C11H8ClNO2/c1-7(14)10-6-15-11(13-10)8-3-2-4-9(12)5-8/h2-6H,1H3. The molecule has 0 spiro atoms. The van der Waals surface area contributed by atoms with Gasteiger partial charge in [-0.2, -0.15) is 0 Å². The van der Waals surface area contributed by atoms with Crippen molar-refractivity contribution in [1.29, 1.82) is 0 Å². The Morgan fingerprint density at radius 2 is 2.27 bits per heavy atom. The van der Waals surface area contributed by atoms with Crippen molar-refractivity contribution in [3.63, 3.8) is 0 Å². The van der Waals surface area contributed by atoms with Gasteiger partial charge in [0.15, 0.2) is 5.78 Å². The third-order valence-electron chi connectivity index (χ3n) is 1.94. The number of hydrogen-bond acceptors (Lipinski definition) is 3. The monoisotopic (exact) mass is 221 g/mol. The van der Waals surface area contributed by atoms with Gasteiger partial charge in [-0.3, -0.25) is 4.79 Å². The summed E-state index contributed by atoms with van der Waals surface area (Å²) >= 11 is 5.83. The Kier molecular flexibility index (Phi) is 2.56. The van der Waals surface area contributed by atoms with E-state index in [-0.39, 0.29) is 5.78 Å². The maximum absolute atomic E-state index is 11.0. The topological polar surface area (TPSA) is 43.1 Å². The van der Waals surface area contributed by atoms with Gasteiger partial charge in [-0.15, -0.1) is 0 Å². The lowest BCUT2D eigenvalue weighted by molar-refractivity contribution is 0.101. The zero-order chi connectivity index (χ0) is 10.8. The van der Waals surface area contributed by atoms with Crippen LogP contribution in [0.2, 0.25) is 5.02 Å². The highest BCUT2D eigenvalue weighted by molar-refractivity contribution is 6.30. The van der Waals surface area contributed by atoms with Gasteiger partial charge in [0, 0.05) is 17.5 Å². The molecule has 1 aromatic carbocycles. The summed E-state index contributed by atoms with van der Waals surface area (Å²) in [5.74, 6) is 0.287. The van der Waals surface area contributed by atoms with Gasteiger partial charge in [-0.1, -0.05) is 17.7 Å². The number of hydrogen-bond donors (Lipinski definition) is 0. The zero-order valence-electron chi connectivity index (χ0n) is 8.03. The summed E-state index contributed by atoms with van der Waals surface area (Å²) in [7, 11) is 0. The second kappa shape index (κ2) is 3.87. The molecule has 0 unspecified atom stereocenters. The third kappa shape index (κ3) is 2.07. The largest absolute Gasteiger partial charge is 0.444 e. The normalized spacial score (nSPS) is 10.3. The molecule has 1 aromatic heterocycles. The van der Waals surface area contributed by atoms with E-state index >= 15 is 0 Å². The van der Waals surface area contributed by atoms with Gasteiger partial charge in [-0.25, -0.2) is 4.98 Å². The second-order valence-electron chi connectivity index (χ2n) is 3.10. The number of aromatic nitrogens is 1. The SMILES string of the molecule is CC(=O)c1coc(-c2cccc(Cl)c2)n1. The predicted molar refractivity (Wildman–Crippen MR) is 57.0 cm³/mol. The minimum atomic E-state index is -0.118. The van der Waals surface area contributed by atoms with Crippen molar-refractivity contribution < 1.29 is 9.21 Å². The van der Waals surface area contributed by atoms with Crippen LogP contribution in [0.1, 0.15) is 17.4 Å². The molecule has 2 rings (SSSR count). The van der Waals surface area contributed by atoms with Crippen LogP contribution in [-0.4, -0.2) is 10.8 Å². The van der Waals surface area contributed by atoms with E-state index in [9.17, 15) is 4.79 Å². The number of benzene rings is 1. The molecule has 0 aliphatic carbocycles. The van der Waals surface area contributed by atoms with Crippen LogP contribution in [0.4, 0.5) is 0 Å². The second-order valence-corrected chi connectivity index (χ2v) is 3.54. The fourth-order valence-corrected chi connectivity index (χ4v) is 1.38. The molecule has 0 amide bonds. The summed E-state index contributed by atoms with van der Waals surface area (Å²) < 4.78 is 5.18. The van der Waals surface area contributed by atoms with E-state index in [0.29, 0.717) is 16.6 Å². The first-order chi connectivity index (χ1) is 7.16. The molecule has 0 saturated carbocycles. The van der Waals surface area contributed by atoms with Gasteiger partial charge in [0.05, 0.1) is 0 Å². The summed E-state index contributed by atoms with van der Waals surface area (Å²) in [5, 5.41) is 0.607. The van der Waals surface area contributed by atoms with Crippen molar-refractivity contribution in [2.75, 3.05) is 0 Å². The molecular weight excluding hydrogens is 214 g/mol. The molecule has 0 aliphatic rings. The Balaban J connectivity index is 2.41. The third-order valence-corrected chi connectivity index (χ3v) is 2.17. The van der Waals surface area contributed by atoms with Crippen LogP contribution in [0, 0.1) is 0 Å². The molecule has 0 aliphatic heterocycles. The zero-order valence-corrected chi connectivity index (χ0v) is 8.78. The van der Waals surface area contributed by atoms with Crippen LogP contribution in [0.3, 0.4) is 0 Å². The van der Waals surface area contributed by atoms with Crippen LogP contribution in [-0.2, 0) is 0 Å². The van der Waals surface area contributed by atoms with E-state index in [2.05, 4.69) is 4.98 Å². The van der Waals surface area contributed by atoms with Gasteiger partial charge in [0.1, 0.15) is 12.0 Å². The van der Waals surface area contributed by atoms with E-state index in [0.717, 1.165) is 5.56 Å². The highest BCUT2D eigenvalue weighted by Crippen LogP contribution is 2.21. The molecule has 4 heteroatoms. The molecule has 1 heterocycles. The number of ketones is 1. The maximum Gasteiger partial charge on any atom is 0.226 e. The maximum atomic E-state index is 11.0. The average molecular weight is 222 g/mol. The molecule has 15 heavy (non-hydrogen) atoms. The van der Waals surface area contributed by atoms with E-state index < -0.39 is 0 Å². The first-order valence-electron chi connectivity index (χ1n) is 4.39. The summed E-state index contributed by atoms with van der Waals surface area (Å²) in [6, 6.07) is 7.12. The minimum absolute atomic E-state index is 0.118. The van der Waals surface area contributed by atoms with Gasteiger partial charge in [-0.05, 0) is 18.2 Å². The molecule has 0 saturated heterocycles. The molecular formula is C11H8ClNO2. The van der Waals surface area contributed by atoms with E-state index in [1.54, 1.807) is 18.2 Å². The van der Waals surface area contributed by atoms with Crippen molar-refractivity contribution in [3.8, 4) is 11.5 Å². The summed E-state index contributed by atoms with van der Waals surface area (Å²) in [4.78, 5) is 15.1. The van der Waals surface area contributed by atoms with Crippen molar-refractivity contribution in [2.24, 2.45) is 0 Å². The smallest absolute Gasteiger partial charge is 0.226 e. The predicted octanol–water partition coefficient (Wildman–Crippen LogP) is 3.20. The summed E-state index contributed by atoms with van der Waals surface area (Å²) in [5.41, 5.74) is 1.08. The number of halogens is 1. The lowest BCUT2D eigenvalue weighted by Gasteiger charge is -1.94. The van der Waals surface area contributed by atoms with Crippen LogP contribution in [0.15, 0.2) is 34.9 Å². The number of Topliss-reactive ketones (excluding diaryl/α,β-unsaturated/α-hetero) is 1. The average Bonchev–Trinajstić information content (AvgIpc) is 2.66. The number of carbonyl (C=O) groups is 1. The lowest BCUT2D eigenvalue weighted by atomic mass is 10.2. The van der Waals surface area contributed by atoms with Crippen molar-refractivity contribution >= 4 is 17.4 Å². The number of rotatable bonds is 2. The Labute approximate surface area is 91.7 Å². The molecule has 76 valence electrons. The minimum Gasteiger partial charge on any atom is -0.444 e. The molecule has 0 fully saturated rings. The van der Waals surface area contributed by atoms with Crippen molar-refractivity contribution in [1.82, 2.24) is 4.98 Å². The van der Waals surface area contributed by atoms with Crippen molar-refractivity contribution in [3.05, 3.63) is 41.2 Å². The molecule has 0 atom stereocenters. The van der Waals surface area contributed by atoms with E-state index in [1.165, 1.54) is 13.2 Å². The lowest BCUT2D eigenvalue weighted by Crippen LogP contribution is -1.91. The Hall–Kier alpha value is -1.61. The number of oxazole rings is 1. The van der Waals surface area contributed by atoms with Gasteiger partial charge in [0.2, 0.25) is 5.89 Å². The van der Waals surface area contributed by atoms with Gasteiger partial charge in [0.25, 0.3) is 0 Å².